The fourth-order valence-corrected chi connectivity index (χ4v) is 2.96. The van der Waals surface area contributed by atoms with Gasteiger partial charge in [0.2, 0.25) is 0 Å². The monoisotopic (exact) mass is 301 g/mol. The molecule has 0 aromatic heterocycles. The number of hydrogen-bond donors (Lipinski definition) is 0. The molecule has 7 heteroatoms. The molecule has 1 spiro atoms. The van der Waals surface area contributed by atoms with Gasteiger partial charge in [0.15, 0.2) is 13.1 Å². The van der Waals surface area contributed by atoms with E-state index in [1.807, 2.05) is 0 Å². The normalized spacial score (nSPS) is 21.3. The summed E-state index contributed by atoms with van der Waals surface area (Å²) in [5, 5.41) is 9.20. The van der Waals surface area contributed by atoms with E-state index in [0.717, 1.165) is 31.3 Å². The van der Waals surface area contributed by atoms with Gasteiger partial charge in [0.1, 0.15) is 0 Å². The van der Waals surface area contributed by atoms with E-state index in [0.29, 0.717) is 32.3 Å². The number of alkyl halides is 3. The van der Waals surface area contributed by atoms with Gasteiger partial charge in [0.05, 0.1) is 19.3 Å². The van der Waals surface area contributed by atoms with Gasteiger partial charge in [-0.25, -0.2) is 0 Å². The molecular formula is C14H19BF3NO2. The van der Waals surface area contributed by atoms with Gasteiger partial charge in [-0.2, -0.15) is 18.4 Å². The third-order valence-corrected chi connectivity index (χ3v) is 4.13. The molecule has 1 aliphatic heterocycles. The van der Waals surface area contributed by atoms with Crippen molar-refractivity contribution in [2.24, 2.45) is 0 Å². The summed E-state index contributed by atoms with van der Waals surface area (Å²) in [6.07, 6.45) is -1.45. The number of allylic oxidation sites excluding steroid dienone is 2. The van der Waals surface area contributed by atoms with Crippen molar-refractivity contribution < 1.29 is 22.6 Å². The van der Waals surface area contributed by atoms with Crippen LogP contribution in [0, 0.1) is 11.3 Å². The Kier molecular flexibility index (Phi) is 5.34. The van der Waals surface area contributed by atoms with Crippen LogP contribution in [0.1, 0.15) is 38.5 Å². The molecule has 0 radical (unpaired) electrons. The summed E-state index contributed by atoms with van der Waals surface area (Å²) in [6.45, 7) is 1.23. The first-order valence-electron chi connectivity index (χ1n) is 7.40. The lowest BCUT2D eigenvalue weighted by Crippen LogP contribution is -2.33. The molecule has 1 saturated heterocycles. The number of rotatable bonds is 4. The van der Waals surface area contributed by atoms with E-state index in [9.17, 15) is 18.4 Å². The Morgan fingerprint density at radius 1 is 1.24 bits per heavy atom. The predicted molar refractivity (Wildman–Crippen MR) is 73.0 cm³/mol. The van der Waals surface area contributed by atoms with E-state index in [1.165, 1.54) is 0 Å². The molecule has 116 valence electrons. The molecule has 3 nitrogen and oxygen atoms in total. The van der Waals surface area contributed by atoms with Crippen molar-refractivity contribution >= 4 is 7.28 Å². The minimum Gasteiger partial charge on any atom is -0.348 e. The summed E-state index contributed by atoms with van der Waals surface area (Å²) >= 11 is 0. The fraction of sp³-hybridized carbons (Fsp3) is 0.786. The minimum atomic E-state index is -4.10. The highest BCUT2D eigenvalue weighted by atomic mass is 19.4. The molecule has 0 atom stereocenters. The van der Waals surface area contributed by atoms with Crippen molar-refractivity contribution in [2.45, 2.75) is 56.8 Å². The second-order valence-corrected chi connectivity index (χ2v) is 5.62. The third-order valence-electron chi connectivity index (χ3n) is 4.13. The number of nitriles is 1. The first kappa shape index (κ1) is 16.4. The Bertz CT molecular complexity index is 424. The predicted octanol–water partition coefficient (Wildman–Crippen LogP) is 3.28. The lowest BCUT2D eigenvalue weighted by atomic mass is 9.62. The highest BCUT2D eigenvalue weighted by Gasteiger charge is 2.39. The molecule has 2 fully saturated rings. The number of nitrogens with zero attached hydrogens (tertiary/aromatic N) is 1. The Morgan fingerprint density at radius 3 is 2.38 bits per heavy atom. The van der Waals surface area contributed by atoms with Crippen LogP contribution in [-0.4, -0.2) is 32.5 Å². The maximum absolute atomic E-state index is 12.1. The first-order chi connectivity index (χ1) is 9.94. The molecule has 0 amide bonds. The average molecular weight is 301 g/mol. The van der Waals surface area contributed by atoms with Crippen LogP contribution in [0.5, 0.6) is 0 Å². The summed E-state index contributed by atoms with van der Waals surface area (Å²) in [5.74, 6) is -0.472. The van der Waals surface area contributed by atoms with Crippen LogP contribution in [0.3, 0.4) is 0 Å². The van der Waals surface area contributed by atoms with Crippen LogP contribution in [0.4, 0.5) is 13.2 Å². The number of hydrogen-bond acceptors (Lipinski definition) is 3. The molecule has 21 heavy (non-hydrogen) atoms. The first-order valence-corrected chi connectivity index (χ1v) is 7.40. The summed E-state index contributed by atoms with van der Waals surface area (Å²) in [6, 6.07) is 2.17. The standard InChI is InChI=1S/C14H19BF3NO2/c16-14(17,18)4-1-7-15-12(10-19)11-2-5-13(6-3-11)20-8-9-21-13/h15H,1-9H2. The fourth-order valence-electron chi connectivity index (χ4n) is 2.96. The Balaban J connectivity index is 1.82. The molecule has 0 bridgehead atoms. The van der Waals surface area contributed by atoms with Gasteiger partial charge in [-0.3, -0.25) is 0 Å². The van der Waals surface area contributed by atoms with Crippen molar-refractivity contribution in [1.29, 1.82) is 5.26 Å². The molecule has 0 aromatic carbocycles. The van der Waals surface area contributed by atoms with Gasteiger partial charge in [-0.05, 0) is 18.3 Å². The van der Waals surface area contributed by atoms with E-state index >= 15 is 0 Å². The second kappa shape index (κ2) is 6.84. The molecule has 0 unspecified atom stereocenters. The summed E-state index contributed by atoms with van der Waals surface area (Å²) < 4.78 is 47.5. The van der Waals surface area contributed by atoms with Gasteiger partial charge in [-0.15, -0.1) is 0 Å². The lowest BCUT2D eigenvalue weighted by Gasteiger charge is -2.33. The van der Waals surface area contributed by atoms with Gasteiger partial charge < -0.3 is 9.47 Å². The van der Waals surface area contributed by atoms with Crippen LogP contribution in [-0.2, 0) is 9.47 Å². The van der Waals surface area contributed by atoms with E-state index in [2.05, 4.69) is 6.07 Å². The van der Waals surface area contributed by atoms with Gasteiger partial charge in [0, 0.05) is 19.3 Å². The zero-order valence-electron chi connectivity index (χ0n) is 12.0. The van der Waals surface area contributed by atoms with Crippen LogP contribution in [0.25, 0.3) is 0 Å². The maximum Gasteiger partial charge on any atom is 0.389 e. The number of ether oxygens (including phenoxy) is 2. The largest absolute Gasteiger partial charge is 0.389 e. The quantitative estimate of drug-likeness (QED) is 0.454. The summed E-state index contributed by atoms with van der Waals surface area (Å²) in [5.41, 5.74) is 1.72. The smallest absolute Gasteiger partial charge is 0.348 e. The SMILES string of the molecule is N#CC(BCCCC(F)(F)F)=C1CCC2(CC1)OCCO2. The van der Waals surface area contributed by atoms with Crippen molar-refractivity contribution in [3.8, 4) is 6.07 Å². The van der Waals surface area contributed by atoms with Crippen molar-refractivity contribution in [2.75, 3.05) is 13.2 Å². The van der Waals surface area contributed by atoms with Crippen LogP contribution >= 0.6 is 0 Å². The Hall–Kier alpha value is -0.995. The molecular weight excluding hydrogens is 282 g/mol. The third kappa shape index (κ3) is 4.75. The molecule has 1 heterocycles. The Labute approximate surface area is 123 Å². The average Bonchev–Trinajstić information content (AvgIpc) is 2.88. The van der Waals surface area contributed by atoms with Crippen molar-refractivity contribution in [1.82, 2.24) is 0 Å². The molecule has 2 aliphatic rings. The Morgan fingerprint density at radius 2 is 1.86 bits per heavy atom. The minimum absolute atomic E-state index is 0.0815. The summed E-state index contributed by atoms with van der Waals surface area (Å²) in [4.78, 5) is 0. The molecule has 1 aliphatic carbocycles. The zero-order valence-corrected chi connectivity index (χ0v) is 12.0. The topological polar surface area (TPSA) is 42.2 Å². The molecule has 1 saturated carbocycles. The van der Waals surface area contributed by atoms with Crippen LogP contribution < -0.4 is 0 Å². The van der Waals surface area contributed by atoms with E-state index in [-0.39, 0.29) is 6.42 Å². The molecule has 2 rings (SSSR count). The van der Waals surface area contributed by atoms with Gasteiger partial charge in [0.25, 0.3) is 0 Å². The van der Waals surface area contributed by atoms with E-state index < -0.39 is 18.4 Å². The van der Waals surface area contributed by atoms with E-state index in [4.69, 9.17) is 9.47 Å². The highest BCUT2D eigenvalue weighted by molar-refractivity contribution is 6.47. The highest BCUT2D eigenvalue weighted by Crippen LogP contribution is 2.39. The zero-order chi connectivity index (χ0) is 15.3. The second-order valence-electron chi connectivity index (χ2n) is 5.62. The molecule has 0 aromatic rings. The lowest BCUT2D eigenvalue weighted by molar-refractivity contribution is -0.171. The maximum atomic E-state index is 12.1. The summed E-state index contributed by atoms with van der Waals surface area (Å²) in [7, 11) is 0.441. The van der Waals surface area contributed by atoms with Crippen molar-refractivity contribution in [3.63, 3.8) is 0 Å². The van der Waals surface area contributed by atoms with Gasteiger partial charge in [-0.1, -0.05) is 18.3 Å². The van der Waals surface area contributed by atoms with Crippen LogP contribution in [0.15, 0.2) is 11.0 Å². The van der Waals surface area contributed by atoms with E-state index in [1.54, 1.807) is 0 Å². The van der Waals surface area contributed by atoms with Gasteiger partial charge >= 0.3 is 6.18 Å². The molecule has 0 N–H and O–H groups in total. The van der Waals surface area contributed by atoms with Crippen LogP contribution in [0.2, 0.25) is 6.32 Å². The number of halogens is 3. The van der Waals surface area contributed by atoms with Crippen molar-refractivity contribution in [3.05, 3.63) is 11.0 Å².